The molecule has 3 aromatic rings. The highest BCUT2D eigenvalue weighted by Crippen LogP contribution is 2.22. The highest BCUT2D eigenvalue weighted by molar-refractivity contribution is 6.35. The van der Waals surface area contributed by atoms with Gasteiger partial charge in [-0.05, 0) is 24.6 Å². The lowest BCUT2D eigenvalue weighted by Crippen LogP contribution is -2.15. The highest BCUT2D eigenvalue weighted by Gasteiger charge is 2.14. The van der Waals surface area contributed by atoms with Gasteiger partial charge in [0.25, 0.3) is 5.69 Å². The molecule has 0 unspecified atom stereocenters. The number of halogens is 2. The summed E-state index contributed by atoms with van der Waals surface area (Å²) in [5, 5.41) is 11.7. The van der Waals surface area contributed by atoms with Gasteiger partial charge in [-0.3, -0.25) is 19.5 Å². The molecule has 0 saturated carbocycles. The fourth-order valence-electron chi connectivity index (χ4n) is 2.63. The molecule has 0 N–H and O–H groups in total. The third kappa shape index (κ3) is 4.52. The molecule has 1 heterocycles. The molecule has 0 atom stereocenters. The zero-order valence-electron chi connectivity index (χ0n) is 14.4. The molecule has 3 rings (SSSR count). The summed E-state index contributed by atoms with van der Waals surface area (Å²) >= 11 is 11.8. The molecule has 2 aromatic carbocycles. The van der Waals surface area contributed by atoms with Crippen molar-refractivity contribution in [3.05, 3.63) is 72.7 Å². The minimum absolute atomic E-state index is 0.0209. The topological polar surface area (TPSA) is 105 Å². The summed E-state index contributed by atoms with van der Waals surface area (Å²) < 4.78 is 11.5. The van der Waals surface area contributed by atoms with Gasteiger partial charge in [-0.15, -0.1) is 0 Å². The smallest absolute Gasteiger partial charge is 0.419 e. The van der Waals surface area contributed by atoms with Crippen molar-refractivity contribution < 1.29 is 18.9 Å². The molecular formula is C18H14Cl2N2O6. The standard InChI is InChI=1S/C18H14Cl2N2O6/c19-12-4-3-11(14(20)8-12)10-27-17(23)2-1-7-21-15-6-5-13(22(25)26)9-16(15)28-18(21)24/h3-6,8-9H,1-2,7,10H2. The molecular weight excluding hydrogens is 411 g/mol. The number of aryl methyl sites for hydroxylation is 1. The van der Waals surface area contributed by atoms with Crippen LogP contribution in [0.5, 0.6) is 0 Å². The number of nitrogens with zero attached hydrogens (tertiary/aromatic N) is 2. The number of hydrogen-bond donors (Lipinski definition) is 0. The number of hydrogen-bond acceptors (Lipinski definition) is 6. The molecule has 0 saturated heterocycles. The van der Waals surface area contributed by atoms with Crippen LogP contribution in [0, 0.1) is 10.1 Å². The van der Waals surface area contributed by atoms with E-state index in [2.05, 4.69) is 0 Å². The Morgan fingerprint density at radius 3 is 2.71 bits per heavy atom. The molecule has 146 valence electrons. The predicted octanol–water partition coefficient (Wildman–Crippen LogP) is 4.33. The molecule has 10 heteroatoms. The van der Waals surface area contributed by atoms with Crippen molar-refractivity contribution in [3.8, 4) is 0 Å². The number of nitro groups is 1. The van der Waals surface area contributed by atoms with Crippen LogP contribution >= 0.6 is 23.2 Å². The molecule has 0 spiro atoms. The first-order valence-corrected chi connectivity index (χ1v) is 8.98. The maximum absolute atomic E-state index is 12.0. The quantitative estimate of drug-likeness (QED) is 0.317. The molecule has 0 amide bonds. The zero-order chi connectivity index (χ0) is 20.3. The van der Waals surface area contributed by atoms with Crippen molar-refractivity contribution in [1.82, 2.24) is 4.57 Å². The first-order valence-electron chi connectivity index (χ1n) is 8.22. The number of fused-ring (bicyclic) bond motifs is 1. The van der Waals surface area contributed by atoms with Crippen molar-refractivity contribution >= 4 is 46.0 Å². The van der Waals surface area contributed by atoms with Gasteiger partial charge in [0.1, 0.15) is 6.61 Å². The van der Waals surface area contributed by atoms with E-state index in [1.54, 1.807) is 18.2 Å². The number of ether oxygens (including phenoxy) is 1. The molecule has 0 aliphatic rings. The largest absolute Gasteiger partial charge is 0.461 e. The lowest BCUT2D eigenvalue weighted by molar-refractivity contribution is -0.384. The summed E-state index contributed by atoms with van der Waals surface area (Å²) in [5.74, 6) is -1.08. The van der Waals surface area contributed by atoms with E-state index in [0.717, 1.165) is 0 Å². The minimum Gasteiger partial charge on any atom is -0.461 e. The summed E-state index contributed by atoms with van der Waals surface area (Å²) in [6, 6.07) is 8.81. The van der Waals surface area contributed by atoms with Crippen LogP contribution in [0.4, 0.5) is 5.69 Å². The fraction of sp³-hybridized carbons (Fsp3) is 0.222. The highest BCUT2D eigenvalue weighted by atomic mass is 35.5. The van der Waals surface area contributed by atoms with Gasteiger partial charge in [-0.1, -0.05) is 29.3 Å². The molecule has 0 fully saturated rings. The van der Waals surface area contributed by atoms with Crippen LogP contribution in [0.3, 0.4) is 0 Å². The van der Waals surface area contributed by atoms with E-state index in [-0.39, 0.29) is 30.8 Å². The number of rotatable bonds is 7. The maximum atomic E-state index is 12.0. The molecule has 0 aliphatic carbocycles. The number of carbonyl (C=O) groups is 1. The van der Waals surface area contributed by atoms with Gasteiger partial charge < -0.3 is 9.15 Å². The van der Waals surface area contributed by atoms with E-state index in [4.69, 9.17) is 32.4 Å². The maximum Gasteiger partial charge on any atom is 0.419 e. The summed E-state index contributed by atoms with van der Waals surface area (Å²) in [6.45, 7) is 0.230. The number of nitro benzene ring substituents is 1. The number of oxazole rings is 1. The Labute approximate surface area is 168 Å². The first kappa shape index (κ1) is 19.9. The van der Waals surface area contributed by atoms with Gasteiger partial charge in [0.15, 0.2) is 5.58 Å². The summed E-state index contributed by atoms with van der Waals surface area (Å²) in [7, 11) is 0. The van der Waals surface area contributed by atoms with Crippen molar-refractivity contribution in [1.29, 1.82) is 0 Å². The van der Waals surface area contributed by atoms with Crippen molar-refractivity contribution in [2.75, 3.05) is 0 Å². The van der Waals surface area contributed by atoms with Gasteiger partial charge >= 0.3 is 11.7 Å². The number of carbonyl (C=O) groups excluding carboxylic acids is 1. The van der Waals surface area contributed by atoms with Gasteiger partial charge in [0, 0.05) is 34.6 Å². The average Bonchev–Trinajstić information content (AvgIpc) is 2.95. The minimum atomic E-state index is -0.642. The van der Waals surface area contributed by atoms with E-state index < -0.39 is 16.6 Å². The van der Waals surface area contributed by atoms with Crippen molar-refractivity contribution in [3.63, 3.8) is 0 Å². The number of non-ortho nitro benzene ring substituents is 1. The Morgan fingerprint density at radius 2 is 2.00 bits per heavy atom. The van der Waals surface area contributed by atoms with E-state index in [1.165, 1.54) is 22.8 Å². The van der Waals surface area contributed by atoms with E-state index in [1.807, 2.05) is 0 Å². The van der Waals surface area contributed by atoms with Gasteiger partial charge in [-0.2, -0.15) is 0 Å². The predicted molar refractivity (Wildman–Crippen MR) is 103 cm³/mol. The van der Waals surface area contributed by atoms with Crippen molar-refractivity contribution in [2.45, 2.75) is 26.0 Å². The van der Waals surface area contributed by atoms with Crippen LogP contribution in [0.2, 0.25) is 10.0 Å². The zero-order valence-corrected chi connectivity index (χ0v) is 15.9. The van der Waals surface area contributed by atoms with Crippen LogP contribution < -0.4 is 5.76 Å². The summed E-state index contributed by atoms with van der Waals surface area (Å²) in [6.07, 6.45) is 0.413. The average molecular weight is 425 g/mol. The third-order valence-corrected chi connectivity index (χ3v) is 4.62. The van der Waals surface area contributed by atoms with Crippen LogP contribution in [0.1, 0.15) is 18.4 Å². The Morgan fingerprint density at radius 1 is 1.21 bits per heavy atom. The van der Waals surface area contributed by atoms with Crippen LogP contribution in [0.15, 0.2) is 45.6 Å². The molecule has 8 nitrogen and oxygen atoms in total. The van der Waals surface area contributed by atoms with Crippen LogP contribution in [0.25, 0.3) is 11.1 Å². The Bertz CT molecular complexity index is 1110. The van der Waals surface area contributed by atoms with Gasteiger partial charge in [-0.25, -0.2) is 4.79 Å². The second-order valence-corrected chi connectivity index (χ2v) is 6.77. The number of esters is 1. The molecule has 0 aliphatic heterocycles. The third-order valence-electron chi connectivity index (χ3n) is 4.03. The van der Waals surface area contributed by atoms with E-state index in [9.17, 15) is 19.7 Å². The Kier molecular flexibility index (Phi) is 6.01. The second-order valence-electron chi connectivity index (χ2n) is 5.93. The second kappa shape index (κ2) is 8.45. The van der Waals surface area contributed by atoms with Gasteiger partial charge in [0.05, 0.1) is 16.5 Å². The summed E-state index contributed by atoms with van der Waals surface area (Å²) in [5.41, 5.74) is 1.02. The number of benzene rings is 2. The molecule has 28 heavy (non-hydrogen) atoms. The van der Waals surface area contributed by atoms with E-state index in [0.29, 0.717) is 27.5 Å². The van der Waals surface area contributed by atoms with Crippen LogP contribution in [-0.4, -0.2) is 15.5 Å². The fourth-order valence-corrected chi connectivity index (χ4v) is 3.09. The Hall–Kier alpha value is -2.84. The van der Waals surface area contributed by atoms with Crippen LogP contribution in [-0.2, 0) is 22.7 Å². The Balaban J connectivity index is 1.57. The molecule has 0 radical (unpaired) electrons. The molecule has 0 bridgehead atoms. The SMILES string of the molecule is O=C(CCCn1c(=O)oc2cc([N+](=O)[O-])ccc21)OCc1ccc(Cl)cc1Cl. The van der Waals surface area contributed by atoms with Gasteiger partial charge in [0.2, 0.25) is 0 Å². The first-order chi connectivity index (χ1) is 13.3. The lowest BCUT2D eigenvalue weighted by atomic mass is 10.2. The van der Waals surface area contributed by atoms with Crippen molar-refractivity contribution in [2.24, 2.45) is 0 Å². The monoisotopic (exact) mass is 424 g/mol. The normalized spacial score (nSPS) is 10.9. The lowest BCUT2D eigenvalue weighted by Gasteiger charge is -2.07. The summed E-state index contributed by atoms with van der Waals surface area (Å²) in [4.78, 5) is 34.1. The molecule has 1 aromatic heterocycles. The number of aromatic nitrogens is 1. The van der Waals surface area contributed by atoms with E-state index >= 15 is 0 Å².